The first-order valence-corrected chi connectivity index (χ1v) is 6.94. The Labute approximate surface area is 129 Å². The first-order valence-electron chi connectivity index (χ1n) is 6.56. The van der Waals surface area contributed by atoms with Crippen molar-refractivity contribution in [1.82, 2.24) is 9.97 Å². The van der Waals surface area contributed by atoms with E-state index in [1.807, 2.05) is 13.8 Å². The number of halogens is 1. The second kappa shape index (κ2) is 6.18. The Hall–Kier alpha value is -2.01. The number of ether oxygens (including phenoxy) is 2. The summed E-state index contributed by atoms with van der Waals surface area (Å²) in [6.07, 6.45) is 0.784. The van der Waals surface area contributed by atoms with Crippen molar-refractivity contribution in [2.45, 2.75) is 20.3 Å². The molecule has 6 heteroatoms. The average molecular weight is 308 g/mol. The topological polar surface area (TPSA) is 70.3 Å². The number of hydrogen-bond donors (Lipinski definition) is 1. The molecule has 0 aliphatic rings. The van der Waals surface area contributed by atoms with Crippen LogP contribution in [0.4, 0.5) is 5.82 Å². The van der Waals surface area contributed by atoms with Crippen LogP contribution in [0, 0.1) is 6.92 Å². The Balaban J connectivity index is 2.62. The van der Waals surface area contributed by atoms with Gasteiger partial charge in [0.1, 0.15) is 5.82 Å². The van der Waals surface area contributed by atoms with E-state index in [4.69, 9.17) is 26.8 Å². The Morgan fingerprint density at radius 1 is 1.19 bits per heavy atom. The smallest absolute Gasteiger partial charge is 0.179 e. The lowest BCUT2D eigenvalue weighted by molar-refractivity contribution is 0.355. The summed E-state index contributed by atoms with van der Waals surface area (Å²) in [5.74, 6) is 2.01. The third-order valence-corrected chi connectivity index (χ3v) is 3.59. The number of nitrogen functional groups attached to an aromatic ring is 1. The monoisotopic (exact) mass is 307 g/mol. The van der Waals surface area contributed by atoms with Crippen LogP contribution < -0.4 is 15.2 Å². The second-order valence-electron chi connectivity index (χ2n) is 4.55. The lowest BCUT2D eigenvalue weighted by Gasteiger charge is -2.13. The number of rotatable bonds is 4. The number of aryl methyl sites for hydroxylation is 1. The molecule has 0 fully saturated rings. The van der Waals surface area contributed by atoms with Crippen LogP contribution in [0.2, 0.25) is 5.02 Å². The quantitative estimate of drug-likeness (QED) is 0.938. The average Bonchev–Trinajstić information content (AvgIpc) is 2.48. The largest absolute Gasteiger partial charge is 0.493 e. The molecule has 0 unspecified atom stereocenters. The summed E-state index contributed by atoms with van der Waals surface area (Å²) < 4.78 is 10.5. The van der Waals surface area contributed by atoms with Gasteiger partial charge in [-0.2, -0.15) is 0 Å². The molecule has 5 nitrogen and oxygen atoms in total. The molecule has 0 spiro atoms. The SMILES string of the molecule is CCc1nc(-c2cc(Cl)c(OC)c(OC)c2)nc(N)c1C. The highest BCUT2D eigenvalue weighted by molar-refractivity contribution is 6.32. The van der Waals surface area contributed by atoms with Gasteiger partial charge in [0, 0.05) is 16.8 Å². The van der Waals surface area contributed by atoms with Crippen LogP contribution in [0.15, 0.2) is 12.1 Å². The summed E-state index contributed by atoms with van der Waals surface area (Å²) in [4.78, 5) is 8.88. The van der Waals surface area contributed by atoms with Crippen LogP contribution in [0.1, 0.15) is 18.2 Å². The zero-order chi connectivity index (χ0) is 15.6. The van der Waals surface area contributed by atoms with Crippen LogP contribution in [-0.4, -0.2) is 24.2 Å². The molecule has 21 heavy (non-hydrogen) atoms. The fraction of sp³-hybridized carbons (Fsp3) is 0.333. The maximum Gasteiger partial charge on any atom is 0.179 e. The van der Waals surface area contributed by atoms with E-state index in [1.165, 1.54) is 0 Å². The van der Waals surface area contributed by atoms with E-state index in [1.54, 1.807) is 26.4 Å². The van der Waals surface area contributed by atoms with E-state index >= 15 is 0 Å². The lowest BCUT2D eigenvalue weighted by atomic mass is 10.1. The second-order valence-corrected chi connectivity index (χ2v) is 4.96. The Morgan fingerprint density at radius 3 is 2.48 bits per heavy atom. The van der Waals surface area contributed by atoms with Crippen molar-refractivity contribution in [1.29, 1.82) is 0 Å². The summed E-state index contributed by atoms with van der Waals surface area (Å²) in [6, 6.07) is 3.53. The van der Waals surface area contributed by atoms with Crippen LogP contribution in [-0.2, 0) is 6.42 Å². The molecule has 0 bridgehead atoms. The molecule has 1 aromatic heterocycles. The van der Waals surface area contributed by atoms with Gasteiger partial charge in [-0.15, -0.1) is 0 Å². The molecule has 0 atom stereocenters. The van der Waals surface area contributed by atoms with E-state index < -0.39 is 0 Å². The van der Waals surface area contributed by atoms with Crippen LogP contribution in [0.3, 0.4) is 0 Å². The maximum absolute atomic E-state index is 6.22. The van der Waals surface area contributed by atoms with Gasteiger partial charge in [-0.25, -0.2) is 9.97 Å². The van der Waals surface area contributed by atoms with E-state index in [0.29, 0.717) is 28.2 Å². The van der Waals surface area contributed by atoms with Gasteiger partial charge in [0.2, 0.25) is 0 Å². The van der Waals surface area contributed by atoms with Crippen LogP contribution in [0.5, 0.6) is 11.5 Å². The van der Waals surface area contributed by atoms with Gasteiger partial charge in [-0.05, 0) is 25.5 Å². The van der Waals surface area contributed by atoms with Gasteiger partial charge in [-0.3, -0.25) is 0 Å². The van der Waals surface area contributed by atoms with Gasteiger partial charge in [0.05, 0.1) is 19.2 Å². The lowest BCUT2D eigenvalue weighted by Crippen LogP contribution is -2.04. The van der Waals surface area contributed by atoms with Crippen molar-refractivity contribution in [3.63, 3.8) is 0 Å². The van der Waals surface area contributed by atoms with Gasteiger partial charge < -0.3 is 15.2 Å². The van der Waals surface area contributed by atoms with Gasteiger partial charge in [0.25, 0.3) is 0 Å². The molecule has 1 heterocycles. The van der Waals surface area contributed by atoms with Crippen LogP contribution in [0.25, 0.3) is 11.4 Å². The summed E-state index contributed by atoms with van der Waals surface area (Å²) >= 11 is 6.22. The normalized spacial score (nSPS) is 10.5. The zero-order valence-corrected chi connectivity index (χ0v) is 13.3. The highest BCUT2D eigenvalue weighted by atomic mass is 35.5. The Morgan fingerprint density at radius 2 is 1.90 bits per heavy atom. The van der Waals surface area contributed by atoms with Gasteiger partial charge in [-0.1, -0.05) is 18.5 Å². The Bertz CT molecular complexity index is 674. The summed E-state index contributed by atoms with van der Waals surface area (Å²) in [7, 11) is 3.10. The zero-order valence-electron chi connectivity index (χ0n) is 12.5. The van der Waals surface area contributed by atoms with Crippen molar-refractivity contribution in [2.75, 3.05) is 20.0 Å². The predicted molar refractivity (Wildman–Crippen MR) is 84.1 cm³/mol. The fourth-order valence-corrected chi connectivity index (χ4v) is 2.39. The first-order chi connectivity index (χ1) is 10.0. The summed E-state index contributed by atoms with van der Waals surface area (Å²) in [6.45, 7) is 3.94. The van der Waals surface area contributed by atoms with Crippen molar-refractivity contribution in [2.24, 2.45) is 0 Å². The molecule has 2 aromatic rings. The molecule has 0 amide bonds. The molecular formula is C15H18ClN3O2. The number of nitrogens with zero attached hydrogens (tertiary/aromatic N) is 2. The number of methoxy groups -OCH3 is 2. The molecule has 0 saturated heterocycles. The van der Waals surface area contributed by atoms with Crippen molar-refractivity contribution < 1.29 is 9.47 Å². The van der Waals surface area contributed by atoms with Gasteiger partial charge >= 0.3 is 0 Å². The van der Waals surface area contributed by atoms with E-state index in [9.17, 15) is 0 Å². The molecule has 2 N–H and O–H groups in total. The summed E-state index contributed by atoms with van der Waals surface area (Å²) in [5.41, 5.74) is 8.52. The van der Waals surface area contributed by atoms with Crippen molar-refractivity contribution in [3.05, 3.63) is 28.4 Å². The molecule has 0 aliphatic heterocycles. The highest BCUT2D eigenvalue weighted by Gasteiger charge is 2.15. The summed E-state index contributed by atoms with van der Waals surface area (Å²) in [5, 5.41) is 0.438. The number of anilines is 1. The predicted octanol–water partition coefficient (Wildman–Crippen LogP) is 3.27. The minimum atomic E-state index is 0.438. The minimum absolute atomic E-state index is 0.438. The third kappa shape index (κ3) is 2.88. The van der Waals surface area contributed by atoms with E-state index in [-0.39, 0.29) is 0 Å². The van der Waals surface area contributed by atoms with Gasteiger partial charge in [0.15, 0.2) is 17.3 Å². The van der Waals surface area contributed by atoms with E-state index in [2.05, 4.69) is 9.97 Å². The number of benzene rings is 1. The van der Waals surface area contributed by atoms with E-state index in [0.717, 1.165) is 23.2 Å². The third-order valence-electron chi connectivity index (χ3n) is 3.31. The Kier molecular flexibility index (Phi) is 4.53. The number of nitrogens with two attached hydrogens (primary N) is 1. The fourth-order valence-electron chi connectivity index (χ4n) is 2.10. The molecule has 1 aromatic carbocycles. The van der Waals surface area contributed by atoms with Crippen molar-refractivity contribution >= 4 is 17.4 Å². The first kappa shape index (κ1) is 15.4. The number of hydrogen-bond acceptors (Lipinski definition) is 5. The molecule has 0 radical (unpaired) electrons. The van der Waals surface area contributed by atoms with Crippen molar-refractivity contribution in [3.8, 4) is 22.9 Å². The molecule has 2 rings (SSSR count). The van der Waals surface area contributed by atoms with Crippen LogP contribution >= 0.6 is 11.6 Å². The number of aromatic nitrogens is 2. The standard InChI is InChI=1S/C15H18ClN3O2/c1-5-11-8(2)14(17)19-15(18-11)9-6-10(16)13(21-4)12(7-9)20-3/h6-7H,5H2,1-4H3,(H2,17,18,19). The molecule has 0 saturated carbocycles. The maximum atomic E-state index is 6.22. The molecule has 0 aliphatic carbocycles. The minimum Gasteiger partial charge on any atom is -0.493 e. The highest BCUT2D eigenvalue weighted by Crippen LogP contribution is 2.38. The molecular weight excluding hydrogens is 290 g/mol. The molecule has 112 valence electrons.